The van der Waals surface area contributed by atoms with E-state index in [0.717, 1.165) is 5.76 Å². The van der Waals surface area contributed by atoms with E-state index >= 15 is 0 Å². The van der Waals surface area contributed by atoms with Crippen molar-refractivity contribution < 1.29 is 22.7 Å². The van der Waals surface area contributed by atoms with Crippen molar-refractivity contribution in [3.8, 4) is 5.75 Å². The molecule has 0 saturated carbocycles. The number of halogens is 1. The van der Waals surface area contributed by atoms with E-state index in [1.54, 1.807) is 33.1 Å². The smallest absolute Gasteiger partial charge is 0.252 e. The van der Waals surface area contributed by atoms with Crippen LogP contribution in [0.15, 0.2) is 40.5 Å². The van der Waals surface area contributed by atoms with Gasteiger partial charge in [-0.3, -0.25) is 4.79 Å². The Morgan fingerprint density at radius 1 is 1.31 bits per heavy atom. The lowest BCUT2D eigenvalue weighted by atomic mass is 9.87. The van der Waals surface area contributed by atoms with Crippen molar-refractivity contribution in [2.24, 2.45) is 17.6 Å². The van der Waals surface area contributed by atoms with E-state index in [4.69, 9.17) is 26.8 Å². The minimum Gasteiger partial charge on any atom is -0.501 e. The first-order valence-corrected chi connectivity index (χ1v) is 11.0. The van der Waals surface area contributed by atoms with Crippen LogP contribution in [-0.4, -0.2) is 34.1 Å². The van der Waals surface area contributed by atoms with Crippen LogP contribution in [0.4, 0.5) is 0 Å². The molecule has 2 unspecified atom stereocenters. The monoisotopic (exact) mass is 442 g/mol. The number of primary amides is 1. The number of amides is 1. The van der Waals surface area contributed by atoms with Crippen LogP contribution in [0.3, 0.4) is 0 Å². The van der Waals surface area contributed by atoms with E-state index in [-0.39, 0.29) is 29.8 Å². The van der Waals surface area contributed by atoms with Gasteiger partial charge in [0.05, 0.1) is 29.4 Å². The SMILES string of the molecule is COC1=CC(C)=C(S(=O)(=O)N[C@@H](C)COc2ccc(Cl)cc2C(N)=O)C(C)C1C. The third-order valence-electron chi connectivity index (χ3n) is 4.94. The second-order valence-electron chi connectivity index (χ2n) is 7.21. The molecule has 1 aliphatic carbocycles. The van der Waals surface area contributed by atoms with Crippen molar-refractivity contribution in [2.45, 2.75) is 33.7 Å². The number of allylic oxidation sites excluding steroid dienone is 4. The lowest BCUT2D eigenvalue weighted by Crippen LogP contribution is -2.40. The lowest BCUT2D eigenvalue weighted by Gasteiger charge is -2.30. The minimum atomic E-state index is -3.75. The molecule has 3 N–H and O–H groups in total. The van der Waals surface area contributed by atoms with Gasteiger partial charge in [-0.15, -0.1) is 0 Å². The second kappa shape index (κ2) is 9.19. The highest BCUT2D eigenvalue weighted by Crippen LogP contribution is 2.37. The molecule has 0 aromatic heterocycles. The molecule has 1 amide bonds. The zero-order valence-corrected chi connectivity index (χ0v) is 18.7. The quantitative estimate of drug-likeness (QED) is 0.642. The van der Waals surface area contributed by atoms with Crippen molar-refractivity contribution in [1.82, 2.24) is 4.72 Å². The number of rotatable bonds is 8. The number of methoxy groups -OCH3 is 1. The van der Waals surface area contributed by atoms with Crippen LogP contribution in [0, 0.1) is 11.8 Å². The number of benzene rings is 1. The summed E-state index contributed by atoms with van der Waals surface area (Å²) in [6.07, 6.45) is 1.76. The molecule has 1 aliphatic rings. The summed E-state index contributed by atoms with van der Waals surface area (Å²) in [6, 6.07) is 3.95. The van der Waals surface area contributed by atoms with Gasteiger partial charge in [0.15, 0.2) is 0 Å². The maximum absolute atomic E-state index is 13.0. The molecule has 160 valence electrons. The third kappa shape index (κ3) is 5.32. The fourth-order valence-electron chi connectivity index (χ4n) is 3.35. The molecule has 0 spiro atoms. The first kappa shape index (κ1) is 23.3. The summed E-state index contributed by atoms with van der Waals surface area (Å²) in [5.41, 5.74) is 6.12. The second-order valence-corrected chi connectivity index (χ2v) is 9.33. The van der Waals surface area contributed by atoms with Crippen LogP contribution < -0.4 is 15.2 Å². The molecule has 0 heterocycles. The maximum Gasteiger partial charge on any atom is 0.252 e. The lowest BCUT2D eigenvalue weighted by molar-refractivity contribution is 0.0996. The van der Waals surface area contributed by atoms with Gasteiger partial charge in [-0.2, -0.15) is 0 Å². The molecular weight excluding hydrogens is 416 g/mol. The number of carbonyl (C=O) groups is 1. The van der Waals surface area contributed by atoms with Crippen molar-refractivity contribution in [3.05, 3.63) is 51.1 Å². The molecule has 0 saturated heterocycles. The Kier molecular flexibility index (Phi) is 7.37. The molecule has 0 aliphatic heterocycles. The maximum atomic E-state index is 13.0. The molecule has 9 heteroatoms. The van der Waals surface area contributed by atoms with E-state index in [1.807, 2.05) is 13.8 Å². The van der Waals surface area contributed by atoms with Crippen LogP contribution in [0.1, 0.15) is 38.1 Å². The fourth-order valence-corrected chi connectivity index (χ4v) is 5.42. The van der Waals surface area contributed by atoms with Crippen molar-refractivity contribution in [2.75, 3.05) is 13.7 Å². The van der Waals surface area contributed by atoms with Crippen LogP contribution in [0.25, 0.3) is 0 Å². The van der Waals surface area contributed by atoms with Gasteiger partial charge in [-0.25, -0.2) is 13.1 Å². The summed E-state index contributed by atoms with van der Waals surface area (Å²) < 4.78 is 39.6. The number of sulfonamides is 1. The average molecular weight is 443 g/mol. The summed E-state index contributed by atoms with van der Waals surface area (Å²) >= 11 is 5.88. The number of ether oxygens (including phenoxy) is 2. The van der Waals surface area contributed by atoms with Crippen LogP contribution in [0.2, 0.25) is 5.02 Å². The summed E-state index contributed by atoms with van der Waals surface area (Å²) in [7, 11) is -2.17. The molecule has 0 radical (unpaired) electrons. The van der Waals surface area contributed by atoms with Gasteiger partial charge in [-0.05, 0) is 43.7 Å². The third-order valence-corrected chi connectivity index (χ3v) is 7.16. The molecule has 29 heavy (non-hydrogen) atoms. The number of carbonyl (C=O) groups excluding carboxylic acids is 1. The Balaban J connectivity index is 2.16. The van der Waals surface area contributed by atoms with Gasteiger partial charge < -0.3 is 15.2 Å². The molecule has 1 aromatic rings. The van der Waals surface area contributed by atoms with E-state index in [0.29, 0.717) is 15.5 Å². The van der Waals surface area contributed by atoms with Gasteiger partial charge >= 0.3 is 0 Å². The van der Waals surface area contributed by atoms with E-state index in [2.05, 4.69) is 4.72 Å². The van der Waals surface area contributed by atoms with Crippen LogP contribution >= 0.6 is 11.6 Å². The van der Waals surface area contributed by atoms with Crippen molar-refractivity contribution in [3.63, 3.8) is 0 Å². The average Bonchev–Trinajstić information content (AvgIpc) is 2.62. The zero-order valence-electron chi connectivity index (χ0n) is 17.2. The fraction of sp³-hybridized carbons (Fsp3) is 0.450. The zero-order chi connectivity index (χ0) is 21.9. The molecule has 0 bridgehead atoms. The minimum absolute atomic E-state index is 0.0105. The molecule has 0 fully saturated rings. The Hall–Kier alpha value is -2.03. The molecule has 3 atom stereocenters. The molecule has 7 nitrogen and oxygen atoms in total. The first-order chi connectivity index (χ1) is 13.5. The Bertz CT molecular complexity index is 956. The molecule has 2 rings (SSSR count). The predicted octanol–water partition coefficient (Wildman–Crippen LogP) is 3.22. The number of nitrogens with one attached hydrogen (secondary N) is 1. The standard InChI is InChI=1S/C20H27ClN2O5S/c1-11-8-18(27-5)13(3)14(4)19(11)29(25,26)23-12(2)10-28-17-7-6-15(21)9-16(17)20(22)24/h6-9,12-14,23H,10H2,1-5H3,(H2,22,24)/t12-,13?,14?/m0/s1. The van der Waals surface area contributed by atoms with E-state index in [9.17, 15) is 13.2 Å². The number of hydrogen-bond acceptors (Lipinski definition) is 5. The van der Waals surface area contributed by atoms with Crippen LogP contribution in [0.5, 0.6) is 5.75 Å². The molecular formula is C20H27ClN2O5S. The topological polar surface area (TPSA) is 108 Å². The van der Waals surface area contributed by atoms with Gasteiger partial charge in [0.1, 0.15) is 12.4 Å². The summed E-state index contributed by atoms with van der Waals surface area (Å²) in [4.78, 5) is 11.9. The van der Waals surface area contributed by atoms with Crippen LogP contribution in [-0.2, 0) is 14.8 Å². The predicted molar refractivity (Wildman–Crippen MR) is 113 cm³/mol. The molecule has 1 aromatic carbocycles. The first-order valence-electron chi connectivity index (χ1n) is 9.18. The summed E-state index contributed by atoms with van der Waals surface area (Å²) in [6.45, 7) is 7.24. The van der Waals surface area contributed by atoms with E-state index in [1.165, 1.54) is 12.1 Å². The highest BCUT2D eigenvalue weighted by atomic mass is 35.5. The summed E-state index contributed by atoms with van der Waals surface area (Å²) in [5.74, 6) is 0.0253. The Morgan fingerprint density at radius 2 is 1.97 bits per heavy atom. The van der Waals surface area contributed by atoms with Gasteiger partial charge in [-0.1, -0.05) is 25.4 Å². The highest BCUT2D eigenvalue weighted by Gasteiger charge is 2.35. The summed E-state index contributed by atoms with van der Waals surface area (Å²) in [5, 5.41) is 0.353. The van der Waals surface area contributed by atoms with Gasteiger partial charge in [0.2, 0.25) is 10.0 Å². The van der Waals surface area contributed by atoms with Crippen molar-refractivity contribution in [1.29, 1.82) is 0 Å². The number of nitrogens with two attached hydrogens (primary N) is 1. The van der Waals surface area contributed by atoms with Crippen molar-refractivity contribution >= 4 is 27.5 Å². The largest absolute Gasteiger partial charge is 0.501 e. The Morgan fingerprint density at radius 3 is 2.55 bits per heavy atom. The van der Waals surface area contributed by atoms with Gasteiger partial charge in [0.25, 0.3) is 5.91 Å². The number of hydrogen-bond donors (Lipinski definition) is 2. The Labute approximate surface area is 176 Å². The van der Waals surface area contributed by atoms with E-state index < -0.39 is 22.0 Å². The highest BCUT2D eigenvalue weighted by molar-refractivity contribution is 7.93. The van der Waals surface area contributed by atoms with Gasteiger partial charge in [0, 0.05) is 16.9 Å². The normalized spacial score (nSPS) is 20.8.